The van der Waals surface area contributed by atoms with E-state index in [1.165, 1.54) is 16.9 Å². The van der Waals surface area contributed by atoms with Crippen molar-refractivity contribution in [2.45, 2.75) is 27.4 Å². The molecule has 5 aromatic rings. The van der Waals surface area contributed by atoms with Crippen molar-refractivity contribution in [3.8, 4) is 11.5 Å². The summed E-state index contributed by atoms with van der Waals surface area (Å²) in [5.41, 5.74) is 5.82. The van der Waals surface area contributed by atoms with E-state index in [4.69, 9.17) is 21.1 Å². The fourth-order valence-corrected chi connectivity index (χ4v) is 5.77. The molecule has 0 N–H and O–H groups in total. The molecule has 0 radical (unpaired) electrons. The fraction of sp³-hybridized carbons (Fsp3) is 0.185. The second kappa shape index (κ2) is 9.79. The topological polar surface area (TPSA) is 52.8 Å². The van der Waals surface area contributed by atoms with E-state index in [0.29, 0.717) is 39.2 Å². The zero-order valence-electron chi connectivity index (χ0n) is 19.4. The number of halogens is 2. The molecule has 2 aromatic heterocycles. The molecule has 0 aliphatic heterocycles. The van der Waals surface area contributed by atoms with E-state index in [0.717, 1.165) is 31.3 Å². The van der Waals surface area contributed by atoms with Crippen LogP contribution in [0, 0.1) is 17.4 Å². The van der Waals surface area contributed by atoms with Gasteiger partial charge in [-0.1, -0.05) is 35.1 Å². The Balaban J connectivity index is 1.53. The molecule has 0 saturated carbocycles. The van der Waals surface area contributed by atoms with Gasteiger partial charge in [-0.2, -0.15) is 0 Å². The molecule has 0 spiro atoms. The van der Waals surface area contributed by atoms with Crippen LogP contribution in [0.4, 0.5) is 0 Å². The number of nitrogens with zero attached hydrogens (tertiary/aromatic N) is 2. The third-order valence-electron chi connectivity index (χ3n) is 5.78. The van der Waals surface area contributed by atoms with Crippen LogP contribution in [0.1, 0.15) is 29.2 Å². The van der Waals surface area contributed by atoms with E-state index < -0.39 is 0 Å². The minimum Gasteiger partial charge on any atom is -0.490 e. The van der Waals surface area contributed by atoms with E-state index in [9.17, 15) is 4.79 Å². The Kier molecular flexibility index (Phi) is 6.74. The van der Waals surface area contributed by atoms with Crippen LogP contribution in [-0.2, 0) is 6.61 Å². The summed E-state index contributed by atoms with van der Waals surface area (Å²) in [4.78, 5) is 18.7. The van der Waals surface area contributed by atoms with Crippen LogP contribution in [0.2, 0.25) is 5.02 Å². The highest BCUT2D eigenvalue weighted by Gasteiger charge is 2.15. The minimum atomic E-state index is -0.0632. The monoisotopic (exact) mass is 616 g/mol. The Morgan fingerprint density at radius 2 is 1.83 bits per heavy atom. The van der Waals surface area contributed by atoms with Crippen molar-refractivity contribution in [3.63, 3.8) is 0 Å². The maximum absolute atomic E-state index is 13.3. The summed E-state index contributed by atoms with van der Waals surface area (Å²) in [6.45, 7) is 6.94. The Morgan fingerprint density at radius 3 is 2.57 bits per heavy atom. The van der Waals surface area contributed by atoms with Gasteiger partial charge in [-0.15, -0.1) is 0 Å². The zero-order valence-corrected chi connectivity index (χ0v) is 23.1. The molecule has 5 nitrogen and oxygen atoms in total. The fourth-order valence-electron chi connectivity index (χ4n) is 3.88. The first-order chi connectivity index (χ1) is 16.8. The van der Waals surface area contributed by atoms with Crippen LogP contribution < -0.4 is 19.6 Å². The SMILES string of the molecule is CCOc1cc(/C=c2\sc3nc4cc(C)c(C)cc4n3c2=O)cc(I)c1OCc1ccc(Cl)cc1. The summed E-state index contributed by atoms with van der Waals surface area (Å²) in [6, 6.07) is 15.5. The number of imidazole rings is 1. The Morgan fingerprint density at radius 1 is 1.09 bits per heavy atom. The number of rotatable bonds is 6. The van der Waals surface area contributed by atoms with E-state index in [1.807, 2.05) is 68.5 Å². The van der Waals surface area contributed by atoms with Gasteiger partial charge in [0.25, 0.3) is 5.56 Å². The molecule has 0 unspecified atom stereocenters. The van der Waals surface area contributed by atoms with Crippen LogP contribution in [0.25, 0.3) is 22.1 Å². The Labute approximate surface area is 225 Å². The van der Waals surface area contributed by atoms with Gasteiger partial charge in [0.1, 0.15) is 6.61 Å². The Hall–Kier alpha value is -2.62. The van der Waals surface area contributed by atoms with Gasteiger partial charge < -0.3 is 9.47 Å². The summed E-state index contributed by atoms with van der Waals surface area (Å²) in [5, 5.41) is 0.690. The van der Waals surface area contributed by atoms with Gasteiger partial charge >= 0.3 is 0 Å². The molecule has 0 atom stereocenters. The number of benzene rings is 3. The number of hydrogen-bond acceptors (Lipinski definition) is 5. The maximum Gasteiger partial charge on any atom is 0.274 e. The van der Waals surface area contributed by atoms with Crippen LogP contribution in [-0.4, -0.2) is 16.0 Å². The molecule has 0 amide bonds. The summed E-state index contributed by atoms with van der Waals surface area (Å²) in [7, 11) is 0. The summed E-state index contributed by atoms with van der Waals surface area (Å²) >= 11 is 9.62. The molecular weight excluding hydrogens is 595 g/mol. The number of hydrogen-bond donors (Lipinski definition) is 0. The standard InChI is InChI=1S/C27H22ClIN2O3S/c1-4-33-23-12-18(11-20(29)25(23)34-14-17-5-7-19(28)8-6-17)13-24-26(32)31-22-10-16(3)15(2)9-21(22)30-27(31)35-24/h5-13H,4,14H2,1-3H3/b24-13-. The highest BCUT2D eigenvalue weighted by atomic mass is 127. The average Bonchev–Trinajstić information content (AvgIpc) is 3.30. The number of thiazole rings is 1. The van der Waals surface area contributed by atoms with Crippen molar-refractivity contribution < 1.29 is 9.47 Å². The molecule has 178 valence electrons. The first kappa shape index (κ1) is 24.1. The van der Waals surface area contributed by atoms with Crippen LogP contribution >= 0.6 is 45.5 Å². The number of aromatic nitrogens is 2. The van der Waals surface area contributed by atoms with Crippen molar-refractivity contribution in [3.05, 3.63) is 94.3 Å². The highest BCUT2D eigenvalue weighted by Crippen LogP contribution is 2.35. The smallest absolute Gasteiger partial charge is 0.274 e. The lowest BCUT2D eigenvalue weighted by Gasteiger charge is -2.15. The van der Waals surface area contributed by atoms with Crippen molar-refractivity contribution in [1.82, 2.24) is 9.38 Å². The van der Waals surface area contributed by atoms with E-state index >= 15 is 0 Å². The van der Waals surface area contributed by atoms with Crippen molar-refractivity contribution >= 4 is 67.6 Å². The largest absolute Gasteiger partial charge is 0.490 e. The normalized spacial score (nSPS) is 12.1. The lowest BCUT2D eigenvalue weighted by Crippen LogP contribution is -2.22. The molecule has 3 aromatic carbocycles. The molecule has 0 fully saturated rings. The molecule has 0 aliphatic carbocycles. The summed E-state index contributed by atoms with van der Waals surface area (Å²) in [5.74, 6) is 1.32. The minimum absolute atomic E-state index is 0.0632. The van der Waals surface area contributed by atoms with Gasteiger partial charge in [-0.3, -0.25) is 4.79 Å². The van der Waals surface area contributed by atoms with Gasteiger partial charge in [0.15, 0.2) is 16.5 Å². The molecule has 8 heteroatoms. The first-order valence-corrected chi connectivity index (χ1v) is 13.4. The van der Waals surface area contributed by atoms with Gasteiger partial charge in [-0.25, -0.2) is 9.38 Å². The van der Waals surface area contributed by atoms with Crippen LogP contribution in [0.15, 0.2) is 53.3 Å². The number of aryl methyl sites for hydroxylation is 2. The first-order valence-electron chi connectivity index (χ1n) is 11.1. The van der Waals surface area contributed by atoms with E-state index in [2.05, 4.69) is 34.5 Å². The zero-order chi connectivity index (χ0) is 24.7. The van der Waals surface area contributed by atoms with E-state index in [-0.39, 0.29) is 5.56 Å². The number of ether oxygens (including phenoxy) is 2. The second-order valence-corrected chi connectivity index (χ2v) is 10.9. The van der Waals surface area contributed by atoms with Gasteiger partial charge in [0.2, 0.25) is 0 Å². The Bertz CT molecular complexity index is 1680. The van der Waals surface area contributed by atoms with Crippen molar-refractivity contribution in [2.24, 2.45) is 0 Å². The lowest BCUT2D eigenvalue weighted by atomic mass is 10.1. The molecule has 0 saturated heterocycles. The van der Waals surface area contributed by atoms with Gasteiger partial charge in [-0.05, 0) is 108 Å². The average molecular weight is 617 g/mol. The summed E-state index contributed by atoms with van der Waals surface area (Å²) in [6.07, 6.45) is 1.89. The third kappa shape index (κ3) is 4.77. The maximum atomic E-state index is 13.3. The number of fused-ring (bicyclic) bond motifs is 3. The molecule has 5 rings (SSSR count). The second-order valence-electron chi connectivity index (χ2n) is 8.25. The summed E-state index contributed by atoms with van der Waals surface area (Å²) < 4.78 is 15.2. The van der Waals surface area contributed by atoms with Crippen LogP contribution in [0.3, 0.4) is 0 Å². The molecular formula is C27H22ClIN2O3S. The molecule has 0 bridgehead atoms. The molecule has 2 heterocycles. The predicted molar refractivity (Wildman–Crippen MR) is 151 cm³/mol. The van der Waals surface area contributed by atoms with E-state index in [1.54, 1.807) is 4.40 Å². The molecule has 35 heavy (non-hydrogen) atoms. The van der Waals surface area contributed by atoms with Gasteiger partial charge in [0.05, 0.1) is 25.7 Å². The lowest BCUT2D eigenvalue weighted by molar-refractivity contribution is 0.267. The highest BCUT2D eigenvalue weighted by molar-refractivity contribution is 14.1. The third-order valence-corrected chi connectivity index (χ3v) is 7.80. The predicted octanol–water partition coefficient (Wildman–Crippen LogP) is 6.31. The van der Waals surface area contributed by atoms with Gasteiger partial charge in [0, 0.05) is 5.02 Å². The molecule has 0 aliphatic rings. The van der Waals surface area contributed by atoms with Crippen LogP contribution in [0.5, 0.6) is 11.5 Å². The quantitative estimate of drug-likeness (QED) is 0.210. The van der Waals surface area contributed by atoms with Crippen molar-refractivity contribution in [2.75, 3.05) is 6.61 Å². The van der Waals surface area contributed by atoms with Crippen molar-refractivity contribution in [1.29, 1.82) is 0 Å².